The number of hydrogen-bond donors (Lipinski definition) is 2. The number of amides is 2. The second-order valence-electron chi connectivity index (χ2n) is 6.51. The molecule has 2 amide bonds. The average molecular weight is 420 g/mol. The van der Waals surface area contributed by atoms with Gasteiger partial charge in [-0.1, -0.05) is 0 Å². The Kier molecular flexibility index (Phi) is 4.59. The number of nitro benzene ring substituents is 1. The van der Waals surface area contributed by atoms with Crippen molar-refractivity contribution in [2.45, 2.75) is 0 Å². The highest BCUT2D eigenvalue weighted by Gasteiger charge is 2.37. The van der Waals surface area contributed by atoms with Crippen LogP contribution in [0.5, 0.6) is 17.2 Å². The molecule has 31 heavy (non-hydrogen) atoms. The van der Waals surface area contributed by atoms with Gasteiger partial charge in [-0.25, -0.2) is 9.69 Å². The Labute approximate surface area is 173 Å². The van der Waals surface area contributed by atoms with Crippen LogP contribution >= 0.6 is 0 Å². The zero-order valence-electron chi connectivity index (χ0n) is 15.5. The van der Waals surface area contributed by atoms with Crippen LogP contribution in [0.15, 0.2) is 60.7 Å². The summed E-state index contributed by atoms with van der Waals surface area (Å²) >= 11 is 0. The summed E-state index contributed by atoms with van der Waals surface area (Å²) in [5.74, 6) is -2.70. The fourth-order valence-electron chi connectivity index (χ4n) is 3.13. The topological polar surface area (TPSA) is 147 Å². The summed E-state index contributed by atoms with van der Waals surface area (Å²) in [7, 11) is 0. The molecule has 3 aromatic carbocycles. The van der Waals surface area contributed by atoms with Gasteiger partial charge < -0.3 is 14.9 Å². The number of anilines is 1. The number of benzene rings is 3. The maximum atomic E-state index is 12.8. The van der Waals surface area contributed by atoms with Crippen LogP contribution in [0.2, 0.25) is 0 Å². The van der Waals surface area contributed by atoms with Crippen LogP contribution in [0.1, 0.15) is 31.1 Å². The first-order valence-corrected chi connectivity index (χ1v) is 8.77. The number of nitrogens with zero attached hydrogens (tertiary/aromatic N) is 2. The summed E-state index contributed by atoms with van der Waals surface area (Å²) in [5.41, 5.74) is -0.269. The minimum Gasteiger partial charge on any atom is -0.507 e. The number of carboxylic acid groups (broad SMARTS) is 1. The number of non-ortho nitro benzene ring substituents is 1. The summed E-state index contributed by atoms with van der Waals surface area (Å²) in [6.07, 6.45) is 0. The predicted octanol–water partition coefficient (Wildman–Crippen LogP) is 3.59. The van der Waals surface area contributed by atoms with E-state index in [4.69, 9.17) is 9.84 Å². The summed E-state index contributed by atoms with van der Waals surface area (Å²) < 4.78 is 5.61. The fourth-order valence-corrected chi connectivity index (χ4v) is 3.13. The molecule has 0 saturated carbocycles. The van der Waals surface area contributed by atoms with E-state index in [0.29, 0.717) is 5.75 Å². The van der Waals surface area contributed by atoms with Gasteiger partial charge in [-0.2, -0.15) is 0 Å². The van der Waals surface area contributed by atoms with E-state index in [9.17, 15) is 29.6 Å². The van der Waals surface area contributed by atoms with E-state index >= 15 is 0 Å². The van der Waals surface area contributed by atoms with Gasteiger partial charge in [0.05, 0.1) is 21.7 Å². The molecule has 10 nitrogen and oxygen atoms in total. The lowest BCUT2D eigenvalue weighted by Crippen LogP contribution is -2.29. The lowest BCUT2D eigenvalue weighted by atomic mass is 10.1. The molecule has 4 rings (SSSR count). The highest BCUT2D eigenvalue weighted by molar-refractivity contribution is 6.34. The van der Waals surface area contributed by atoms with E-state index in [1.807, 2.05) is 0 Å². The number of hydrogen-bond acceptors (Lipinski definition) is 7. The van der Waals surface area contributed by atoms with Gasteiger partial charge in [0.1, 0.15) is 22.8 Å². The second-order valence-corrected chi connectivity index (χ2v) is 6.51. The van der Waals surface area contributed by atoms with Gasteiger partial charge in [0, 0.05) is 18.2 Å². The number of carbonyl (C=O) groups excluding carboxylic acids is 2. The molecular weight excluding hydrogens is 408 g/mol. The van der Waals surface area contributed by atoms with Gasteiger partial charge in [-0.15, -0.1) is 0 Å². The van der Waals surface area contributed by atoms with Crippen molar-refractivity contribution in [3.05, 3.63) is 87.5 Å². The molecule has 0 bridgehead atoms. The molecule has 154 valence electrons. The third-order valence-corrected chi connectivity index (χ3v) is 4.61. The summed E-state index contributed by atoms with van der Waals surface area (Å²) in [6.45, 7) is 0. The molecule has 0 spiro atoms. The first-order chi connectivity index (χ1) is 14.8. The summed E-state index contributed by atoms with van der Waals surface area (Å²) in [6, 6.07) is 13.0. The molecule has 0 saturated heterocycles. The number of nitro groups is 1. The summed E-state index contributed by atoms with van der Waals surface area (Å²) in [4.78, 5) is 47.6. The SMILES string of the molecule is O=C(O)c1ccc(N2C(=O)c3ccc(Oc4ccc([N+](=O)[O-])cc4)cc3C2=O)cc1O. The Balaban J connectivity index is 1.62. The van der Waals surface area contributed by atoms with Crippen LogP contribution in [0.3, 0.4) is 0 Å². The van der Waals surface area contributed by atoms with E-state index in [1.165, 1.54) is 48.5 Å². The van der Waals surface area contributed by atoms with E-state index in [0.717, 1.165) is 17.0 Å². The van der Waals surface area contributed by atoms with Gasteiger partial charge in [0.2, 0.25) is 0 Å². The minimum absolute atomic E-state index is 0.0199. The molecule has 2 N–H and O–H groups in total. The van der Waals surface area contributed by atoms with Gasteiger partial charge >= 0.3 is 5.97 Å². The van der Waals surface area contributed by atoms with Crippen LogP contribution in [0, 0.1) is 10.1 Å². The van der Waals surface area contributed by atoms with Gasteiger partial charge in [0.25, 0.3) is 17.5 Å². The Bertz CT molecular complexity index is 1270. The van der Waals surface area contributed by atoms with Crippen LogP contribution in [0.25, 0.3) is 0 Å². The quantitative estimate of drug-likeness (QED) is 0.361. The van der Waals surface area contributed by atoms with Crippen molar-refractivity contribution in [1.82, 2.24) is 0 Å². The fraction of sp³-hybridized carbons (Fsp3) is 0. The Morgan fingerprint density at radius 3 is 2.16 bits per heavy atom. The molecule has 10 heteroatoms. The molecule has 0 fully saturated rings. The number of carboxylic acids is 1. The highest BCUT2D eigenvalue weighted by atomic mass is 16.6. The van der Waals surface area contributed by atoms with Crippen LogP contribution in [0.4, 0.5) is 11.4 Å². The number of fused-ring (bicyclic) bond motifs is 1. The van der Waals surface area contributed by atoms with E-state index in [2.05, 4.69) is 0 Å². The molecule has 0 unspecified atom stereocenters. The number of rotatable bonds is 5. The number of carbonyl (C=O) groups is 3. The standard InChI is InChI=1S/C21H12N2O8/c24-18-9-12(3-7-16(18)21(27)28)22-19(25)15-8-6-14(10-17(15)20(22)26)31-13-4-1-11(2-5-13)23(29)30/h1-10,24H,(H,27,28). The Morgan fingerprint density at radius 2 is 1.55 bits per heavy atom. The summed E-state index contributed by atoms with van der Waals surface area (Å²) in [5, 5.41) is 29.6. The average Bonchev–Trinajstić information content (AvgIpc) is 2.98. The first-order valence-electron chi connectivity index (χ1n) is 8.77. The predicted molar refractivity (Wildman–Crippen MR) is 106 cm³/mol. The highest BCUT2D eigenvalue weighted by Crippen LogP contribution is 2.34. The Morgan fingerprint density at radius 1 is 0.903 bits per heavy atom. The van der Waals surface area contributed by atoms with E-state index in [-0.39, 0.29) is 33.8 Å². The van der Waals surface area contributed by atoms with Crippen molar-refractivity contribution < 1.29 is 34.3 Å². The van der Waals surface area contributed by atoms with Crippen molar-refractivity contribution in [3.63, 3.8) is 0 Å². The molecule has 1 aliphatic rings. The molecule has 0 aliphatic carbocycles. The maximum Gasteiger partial charge on any atom is 0.339 e. The molecule has 3 aromatic rings. The van der Waals surface area contributed by atoms with Crippen molar-refractivity contribution in [2.24, 2.45) is 0 Å². The van der Waals surface area contributed by atoms with Gasteiger partial charge in [-0.05, 0) is 42.5 Å². The monoisotopic (exact) mass is 420 g/mol. The number of aromatic carboxylic acids is 1. The van der Waals surface area contributed by atoms with Crippen LogP contribution in [-0.2, 0) is 0 Å². The number of ether oxygens (including phenoxy) is 1. The normalized spacial score (nSPS) is 12.6. The van der Waals surface area contributed by atoms with Crippen LogP contribution < -0.4 is 9.64 Å². The largest absolute Gasteiger partial charge is 0.507 e. The molecule has 0 aromatic heterocycles. The van der Waals surface area contributed by atoms with Crippen LogP contribution in [-0.4, -0.2) is 32.9 Å². The minimum atomic E-state index is -1.35. The number of aromatic hydroxyl groups is 1. The molecule has 1 aliphatic heterocycles. The van der Waals surface area contributed by atoms with E-state index in [1.54, 1.807) is 0 Å². The lowest BCUT2D eigenvalue weighted by Gasteiger charge is -2.14. The van der Waals surface area contributed by atoms with Gasteiger partial charge in [-0.3, -0.25) is 19.7 Å². The Hall–Kier alpha value is -4.73. The molecule has 0 atom stereocenters. The zero-order chi connectivity index (χ0) is 22.3. The van der Waals surface area contributed by atoms with Crippen molar-refractivity contribution in [3.8, 4) is 17.2 Å². The maximum absolute atomic E-state index is 12.8. The second kappa shape index (κ2) is 7.26. The lowest BCUT2D eigenvalue weighted by molar-refractivity contribution is -0.384. The molecule has 0 radical (unpaired) electrons. The molecular formula is C21H12N2O8. The van der Waals surface area contributed by atoms with Crippen molar-refractivity contribution >= 4 is 29.2 Å². The number of imide groups is 1. The smallest absolute Gasteiger partial charge is 0.339 e. The first kappa shape index (κ1) is 19.6. The van der Waals surface area contributed by atoms with E-state index < -0.39 is 28.5 Å². The number of phenols is 1. The van der Waals surface area contributed by atoms with Gasteiger partial charge in [0.15, 0.2) is 0 Å². The zero-order valence-corrected chi connectivity index (χ0v) is 15.5. The van der Waals surface area contributed by atoms with Crippen molar-refractivity contribution in [1.29, 1.82) is 0 Å². The third-order valence-electron chi connectivity index (χ3n) is 4.61. The molecule has 1 heterocycles. The third kappa shape index (κ3) is 3.42. The van der Waals surface area contributed by atoms with Crippen molar-refractivity contribution in [2.75, 3.05) is 4.90 Å².